The van der Waals surface area contributed by atoms with E-state index in [4.69, 9.17) is 5.84 Å². The van der Waals surface area contributed by atoms with Crippen molar-refractivity contribution in [2.75, 3.05) is 5.43 Å². The molecule has 0 heterocycles. The molecule has 0 spiro atoms. The molecule has 0 aliphatic heterocycles. The number of hydrogen-bond acceptors (Lipinski definition) is 2. The molecule has 0 aromatic heterocycles. The summed E-state index contributed by atoms with van der Waals surface area (Å²) in [5.41, 5.74) is 0.741. The molecule has 15 heteroatoms. The van der Waals surface area contributed by atoms with Crippen LogP contribution in [0.3, 0.4) is 0 Å². The van der Waals surface area contributed by atoms with Crippen LogP contribution in [-0.2, 0) is 0 Å². The number of anilines is 1. The maximum Gasteiger partial charge on any atom is 0.313 e. The Morgan fingerprint density at radius 2 is 0.963 bits per heavy atom. The zero-order valence-corrected chi connectivity index (χ0v) is 14.3. The van der Waals surface area contributed by atoms with Gasteiger partial charge in [0.15, 0.2) is 0 Å². The van der Waals surface area contributed by atoms with Gasteiger partial charge in [0, 0.05) is 0 Å². The van der Waals surface area contributed by atoms with Crippen LogP contribution in [0.4, 0.5) is 48.9 Å². The third-order valence-corrected chi connectivity index (χ3v) is 5.06. The molecule has 3 N–H and O–H groups in total. The van der Waals surface area contributed by atoms with Gasteiger partial charge in [0.2, 0.25) is 0 Å². The molecule has 0 atom stereocenters. The SMILES string of the molecule is Fc1ccccc1S(F)(F)(F)(F)F.NNc1ccccc1S(F)(F)(F)(F)F. The Labute approximate surface area is 145 Å². The van der Waals surface area contributed by atoms with Crippen molar-refractivity contribution in [1.82, 2.24) is 0 Å². The van der Waals surface area contributed by atoms with Crippen molar-refractivity contribution in [3.63, 3.8) is 0 Å². The highest BCUT2D eigenvalue weighted by Gasteiger charge is 2.67. The van der Waals surface area contributed by atoms with E-state index in [1.807, 2.05) is 0 Å². The molecule has 158 valence electrons. The summed E-state index contributed by atoms with van der Waals surface area (Å²) in [5, 5.41) is 0. The Bertz CT molecular complexity index is 848. The van der Waals surface area contributed by atoms with Crippen LogP contribution in [-0.4, -0.2) is 0 Å². The average Bonchev–Trinajstić information content (AvgIpc) is 2.43. The van der Waals surface area contributed by atoms with Crippen LogP contribution in [0, 0.1) is 5.82 Å². The summed E-state index contributed by atoms with van der Waals surface area (Å²) in [6.07, 6.45) is 0. The van der Waals surface area contributed by atoms with Crippen LogP contribution in [0.5, 0.6) is 0 Å². The molecule has 0 unspecified atom stereocenters. The highest BCUT2D eigenvalue weighted by atomic mass is 32.5. The van der Waals surface area contributed by atoms with Crippen LogP contribution < -0.4 is 11.3 Å². The van der Waals surface area contributed by atoms with Gasteiger partial charge in [-0.25, -0.2) is 4.39 Å². The number of nitrogens with two attached hydrogens (primary N) is 1. The van der Waals surface area contributed by atoms with Gasteiger partial charge in [-0.15, -0.1) is 0 Å². The second kappa shape index (κ2) is 5.35. The van der Waals surface area contributed by atoms with Crippen molar-refractivity contribution in [3.8, 4) is 0 Å². The number of nitrogen functional groups attached to an aromatic ring is 1. The van der Waals surface area contributed by atoms with Crippen LogP contribution >= 0.6 is 20.4 Å². The second-order valence-corrected chi connectivity index (χ2v) is 9.76. The standard InChI is InChI=1S/C6H4F6S.C6H7F5N2S/c7-5-3-1-2-4-6(5)13(8,9,10,11)12;7-14(8,9,10,11)6-4-2-1-3-5(6)13-12/h1-4H;1-4,13H,12H2. The van der Waals surface area contributed by atoms with Gasteiger partial charge in [0.25, 0.3) is 0 Å². The molecule has 0 bridgehead atoms. The first-order chi connectivity index (χ1) is 11.5. The summed E-state index contributed by atoms with van der Waals surface area (Å²) in [6, 6.07) is 5.13. The van der Waals surface area contributed by atoms with Gasteiger partial charge in [0.1, 0.15) is 15.6 Å². The zero-order valence-electron chi connectivity index (χ0n) is 12.7. The fourth-order valence-corrected chi connectivity index (χ4v) is 3.33. The molecule has 2 aromatic carbocycles. The normalized spacial score (nSPS) is 17.3. The van der Waals surface area contributed by atoms with E-state index < -0.39 is 41.7 Å². The molecule has 2 nitrogen and oxygen atoms in total. The van der Waals surface area contributed by atoms with Crippen LogP contribution in [0.1, 0.15) is 0 Å². The number of para-hydroxylation sites is 1. The van der Waals surface area contributed by atoms with Gasteiger partial charge < -0.3 is 5.43 Å². The minimum atomic E-state index is -9.85. The minimum Gasteiger partial charge on any atom is -0.323 e. The van der Waals surface area contributed by atoms with Crippen molar-refractivity contribution < 1.29 is 43.2 Å². The predicted octanol–water partition coefficient (Wildman–Crippen LogP) is 8.11. The molecule has 0 aliphatic rings. The summed E-state index contributed by atoms with van der Waals surface area (Å²) >= 11 is 0. The number of rotatable bonds is 3. The van der Waals surface area contributed by atoms with E-state index in [2.05, 4.69) is 0 Å². The number of halogens is 11. The Morgan fingerprint density at radius 1 is 0.593 bits per heavy atom. The molecule has 2 aromatic rings. The Kier molecular flexibility index (Phi) is 4.59. The lowest BCUT2D eigenvalue weighted by molar-refractivity contribution is 0.354. The third kappa shape index (κ3) is 6.66. The molecular weight excluding hydrogens is 445 g/mol. The van der Waals surface area contributed by atoms with Gasteiger partial charge in [0.05, 0.1) is 5.69 Å². The molecule has 27 heavy (non-hydrogen) atoms. The van der Waals surface area contributed by atoms with Crippen molar-refractivity contribution in [2.24, 2.45) is 5.84 Å². The fourth-order valence-electron chi connectivity index (χ4n) is 1.68. The summed E-state index contributed by atoms with van der Waals surface area (Å²) < 4.78 is 134. The third-order valence-electron chi connectivity index (χ3n) is 2.71. The first kappa shape index (κ1) is 23.2. The summed E-state index contributed by atoms with van der Waals surface area (Å²) in [4.78, 5) is -4.47. The van der Waals surface area contributed by atoms with E-state index in [9.17, 15) is 43.2 Å². The van der Waals surface area contributed by atoms with Gasteiger partial charge in [-0.2, -0.15) is 0 Å². The van der Waals surface area contributed by atoms with Crippen molar-refractivity contribution >= 4 is 26.1 Å². The van der Waals surface area contributed by atoms with Crippen LogP contribution in [0.15, 0.2) is 58.3 Å². The first-order valence-electron chi connectivity index (χ1n) is 6.33. The van der Waals surface area contributed by atoms with E-state index in [-0.39, 0.29) is 12.1 Å². The second-order valence-electron chi connectivity index (χ2n) is 5.01. The minimum absolute atomic E-state index is 0.0247. The van der Waals surface area contributed by atoms with Crippen molar-refractivity contribution in [1.29, 1.82) is 0 Å². The molecule has 0 amide bonds. The van der Waals surface area contributed by atoms with Crippen LogP contribution in [0.25, 0.3) is 0 Å². The van der Waals surface area contributed by atoms with Gasteiger partial charge >= 0.3 is 20.4 Å². The molecule has 0 saturated heterocycles. The Balaban J connectivity index is 0.000000271. The van der Waals surface area contributed by atoms with E-state index in [1.165, 1.54) is 6.07 Å². The number of hydrogen-bond donors (Lipinski definition) is 2. The summed E-state index contributed by atoms with van der Waals surface area (Å²) in [7, 11) is -19.5. The quantitative estimate of drug-likeness (QED) is 0.278. The summed E-state index contributed by atoms with van der Waals surface area (Å²) in [5.74, 6) is 2.74. The lowest BCUT2D eigenvalue weighted by Gasteiger charge is -2.41. The van der Waals surface area contributed by atoms with E-state index >= 15 is 0 Å². The van der Waals surface area contributed by atoms with E-state index in [1.54, 1.807) is 5.43 Å². The lowest BCUT2D eigenvalue weighted by atomic mass is 10.3. The highest BCUT2D eigenvalue weighted by Crippen LogP contribution is 3.03. The Hall–Kier alpha value is -1.87. The van der Waals surface area contributed by atoms with Crippen LogP contribution in [0.2, 0.25) is 0 Å². The van der Waals surface area contributed by atoms with E-state index in [0.717, 1.165) is 18.2 Å². The Morgan fingerprint density at radius 3 is 1.26 bits per heavy atom. The summed E-state index contributed by atoms with van der Waals surface area (Å²) in [6.45, 7) is 0. The van der Waals surface area contributed by atoms with E-state index in [0.29, 0.717) is 12.1 Å². The molecule has 0 aliphatic carbocycles. The van der Waals surface area contributed by atoms with Crippen molar-refractivity contribution in [3.05, 3.63) is 54.3 Å². The van der Waals surface area contributed by atoms with Gasteiger partial charge in [-0.1, -0.05) is 63.1 Å². The smallest absolute Gasteiger partial charge is 0.313 e. The largest absolute Gasteiger partial charge is 0.323 e. The molecule has 0 saturated carbocycles. The number of hydrazine groups is 1. The van der Waals surface area contributed by atoms with Crippen molar-refractivity contribution in [2.45, 2.75) is 9.79 Å². The molecule has 2 rings (SSSR count). The topological polar surface area (TPSA) is 38.0 Å². The molecule has 0 radical (unpaired) electrons. The predicted molar refractivity (Wildman–Crippen MR) is 83.4 cm³/mol. The maximum absolute atomic E-state index is 12.4. The molecular formula is C12H11F11N2S2. The van der Waals surface area contributed by atoms with Gasteiger partial charge in [-0.3, -0.25) is 5.84 Å². The zero-order chi connectivity index (χ0) is 21.5. The monoisotopic (exact) mass is 456 g/mol. The highest BCUT2D eigenvalue weighted by molar-refractivity contribution is 8.46. The maximum atomic E-state index is 12.4. The number of nitrogens with one attached hydrogen (secondary N) is 1. The molecule has 0 fully saturated rings. The average molecular weight is 456 g/mol. The fraction of sp³-hybridized carbons (Fsp3) is 0. The van der Waals surface area contributed by atoms with Gasteiger partial charge in [-0.05, 0) is 24.3 Å². The lowest BCUT2D eigenvalue weighted by Crippen LogP contribution is -2.14. The number of benzene rings is 2. The first-order valence-corrected chi connectivity index (χ1v) is 10.2.